The van der Waals surface area contributed by atoms with Gasteiger partial charge in [-0.2, -0.15) is 0 Å². The van der Waals surface area contributed by atoms with E-state index < -0.39 is 0 Å². The van der Waals surface area contributed by atoms with Gasteiger partial charge in [0.15, 0.2) is 0 Å². The van der Waals surface area contributed by atoms with Crippen molar-refractivity contribution in [3.05, 3.63) is 30.9 Å². The molecule has 0 aliphatic heterocycles. The van der Waals surface area contributed by atoms with Crippen molar-refractivity contribution in [2.75, 3.05) is 44.9 Å². The molecule has 0 unspecified atom stereocenters. The molecule has 1 aromatic carbocycles. The van der Waals surface area contributed by atoms with E-state index in [-0.39, 0.29) is 5.91 Å². The molecule has 0 bridgehead atoms. The maximum atomic E-state index is 11.3. The highest BCUT2D eigenvalue weighted by Gasteiger charge is 2.04. The zero-order chi connectivity index (χ0) is 15.8. The Bertz CT molecular complexity index is 573. The van der Waals surface area contributed by atoms with Crippen LogP contribution < -0.4 is 15.4 Å². The maximum absolute atomic E-state index is 11.3. The van der Waals surface area contributed by atoms with Crippen LogP contribution in [0.1, 0.15) is 0 Å². The van der Waals surface area contributed by atoms with Crippen LogP contribution in [0.3, 0.4) is 0 Å². The van der Waals surface area contributed by atoms with Crippen LogP contribution in [0.2, 0.25) is 0 Å². The van der Waals surface area contributed by atoms with Crippen molar-refractivity contribution in [2.45, 2.75) is 0 Å². The molecule has 0 fully saturated rings. The standard InChI is InChI=1S/C16H21N3O2/c1-5-16(20)19(3)11-7-6-10-18(2)13-8-9-14(17)15(12-13)21-4/h5,8-9,12H,1,10-11,17H2,2-4H3. The number of nitrogen functional groups attached to an aromatic ring is 1. The molecule has 0 atom stereocenters. The average Bonchev–Trinajstić information content (AvgIpc) is 2.50. The van der Waals surface area contributed by atoms with Gasteiger partial charge in [0.05, 0.1) is 25.9 Å². The lowest BCUT2D eigenvalue weighted by molar-refractivity contribution is -0.124. The molecule has 112 valence electrons. The monoisotopic (exact) mass is 287 g/mol. The number of carbonyl (C=O) groups is 1. The Morgan fingerprint density at radius 2 is 2.05 bits per heavy atom. The van der Waals surface area contributed by atoms with Gasteiger partial charge in [-0.3, -0.25) is 4.79 Å². The molecular formula is C16H21N3O2. The lowest BCUT2D eigenvalue weighted by atomic mass is 10.2. The number of nitrogens with two attached hydrogens (primary N) is 1. The van der Waals surface area contributed by atoms with E-state index in [9.17, 15) is 4.79 Å². The minimum absolute atomic E-state index is 0.138. The highest BCUT2D eigenvalue weighted by atomic mass is 16.5. The van der Waals surface area contributed by atoms with E-state index in [0.29, 0.717) is 24.5 Å². The Kier molecular flexibility index (Phi) is 6.15. The second-order valence-electron chi connectivity index (χ2n) is 4.53. The summed E-state index contributed by atoms with van der Waals surface area (Å²) in [6, 6.07) is 5.58. The van der Waals surface area contributed by atoms with E-state index >= 15 is 0 Å². The van der Waals surface area contributed by atoms with Gasteiger partial charge in [0.25, 0.3) is 0 Å². The largest absolute Gasteiger partial charge is 0.495 e. The van der Waals surface area contributed by atoms with Crippen LogP contribution in [0.25, 0.3) is 0 Å². The molecule has 0 aliphatic carbocycles. The predicted octanol–water partition coefficient (Wildman–Crippen LogP) is 1.36. The van der Waals surface area contributed by atoms with E-state index in [2.05, 4.69) is 18.4 Å². The van der Waals surface area contributed by atoms with Gasteiger partial charge >= 0.3 is 0 Å². The minimum atomic E-state index is -0.138. The van der Waals surface area contributed by atoms with Crippen molar-refractivity contribution in [3.8, 4) is 17.6 Å². The molecule has 0 aliphatic rings. The third-order valence-corrected chi connectivity index (χ3v) is 2.97. The molecule has 0 saturated carbocycles. The molecule has 1 rings (SSSR count). The molecule has 21 heavy (non-hydrogen) atoms. The van der Waals surface area contributed by atoms with Gasteiger partial charge in [-0.1, -0.05) is 18.4 Å². The summed E-state index contributed by atoms with van der Waals surface area (Å²) in [6.07, 6.45) is 1.27. The summed E-state index contributed by atoms with van der Waals surface area (Å²) in [4.78, 5) is 14.8. The molecule has 2 N–H and O–H groups in total. The fourth-order valence-electron chi connectivity index (χ4n) is 1.61. The molecule has 0 aromatic heterocycles. The smallest absolute Gasteiger partial charge is 0.246 e. The minimum Gasteiger partial charge on any atom is -0.495 e. The Morgan fingerprint density at radius 3 is 2.67 bits per heavy atom. The van der Waals surface area contributed by atoms with Gasteiger partial charge in [-0.15, -0.1) is 0 Å². The number of anilines is 2. The van der Waals surface area contributed by atoms with Crippen molar-refractivity contribution in [1.29, 1.82) is 0 Å². The van der Waals surface area contributed by atoms with Crippen molar-refractivity contribution >= 4 is 17.3 Å². The Labute approximate surface area is 126 Å². The highest BCUT2D eigenvalue weighted by Crippen LogP contribution is 2.26. The SMILES string of the molecule is C=CC(=O)N(C)CC#CCN(C)c1ccc(N)c(OC)c1. The van der Waals surface area contributed by atoms with Crippen LogP contribution in [0.4, 0.5) is 11.4 Å². The number of ether oxygens (including phenoxy) is 1. The summed E-state index contributed by atoms with van der Waals surface area (Å²) in [5, 5.41) is 0. The fraction of sp³-hybridized carbons (Fsp3) is 0.312. The van der Waals surface area contributed by atoms with Crippen molar-refractivity contribution in [3.63, 3.8) is 0 Å². The normalized spacial score (nSPS) is 9.29. The Hall–Kier alpha value is -2.61. The number of likely N-dealkylation sites (N-methyl/N-ethyl adjacent to an activating group) is 1. The third kappa shape index (κ3) is 4.77. The number of hydrogen-bond donors (Lipinski definition) is 1. The van der Waals surface area contributed by atoms with Crippen LogP contribution in [0.5, 0.6) is 5.75 Å². The van der Waals surface area contributed by atoms with E-state index in [0.717, 1.165) is 5.69 Å². The Morgan fingerprint density at radius 1 is 1.38 bits per heavy atom. The third-order valence-electron chi connectivity index (χ3n) is 2.97. The van der Waals surface area contributed by atoms with Crippen molar-refractivity contribution in [1.82, 2.24) is 4.90 Å². The second-order valence-corrected chi connectivity index (χ2v) is 4.53. The molecule has 0 heterocycles. The molecular weight excluding hydrogens is 266 g/mol. The predicted molar refractivity (Wildman–Crippen MR) is 86.3 cm³/mol. The molecule has 5 heteroatoms. The molecule has 0 saturated heterocycles. The summed E-state index contributed by atoms with van der Waals surface area (Å²) in [5.74, 6) is 6.48. The zero-order valence-electron chi connectivity index (χ0n) is 12.7. The molecule has 1 amide bonds. The van der Waals surface area contributed by atoms with Gasteiger partial charge < -0.3 is 20.3 Å². The highest BCUT2D eigenvalue weighted by molar-refractivity contribution is 5.86. The number of nitrogens with zero attached hydrogens (tertiary/aromatic N) is 2. The first kappa shape index (κ1) is 16.4. The van der Waals surface area contributed by atoms with E-state index in [1.807, 2.05) is 24.1 Å². The van der Waals surface area contributed by atoms with Crippen LogP contribution in [-0.4, -0.2) is 45.1 Å². The number of benzene rings is 1. The number of hydrogen-bond acceptors (Lipinski definition) is 4. The first-order chi connectivity index (χ1) is 9.99. The number of amides is 1. The summed E-state index contributed by atoms with van der Waals surface area (Å²) < 4.78 is 5.19. The summed E-state index contributed by atoms with van der Waals surface area (Å²) in [7, 11) is 5.20. The maximum Gasteiger partial charge on any atom is 0.246 e. The van der Waals surface area contributed by atoms with Crippen molar-refractivity contribution in [2.24, 2.45) is 0 Å². The number of rotatable bonds is 5. The van der Waals surface area contributed by atoms with Gasteiger partial charge in [0.2, 0.25) is 5.91 Å². The summed E-state index contributed by atoms with van der Waals surface area (Å²) in [6.45, 7) is 4.36. The summed E-state index contributed by atoms with van der Waals surface area (Å²) >= 11 is 0. The van der Waals surface area contributed by atoms with Gasteiger partial charge in [0, 0.05) is 25.8 Å². The lowest BCUT2D eigenvalue weighted by Gasteiger charge is -2.17. The first-order valence-corrected chi connectivity index (χ1v) is 6.47. The van der Waals surface area contributed by atoms with E-state index in [1.165, 1.54) is 11.0 Å². The first-order valence-electron chi connectivity index (χ1n) is 6.47. The quantitative estimate of drug-likeness (QED) is 0.505. The van der Waals surface area contributed by atoms with Gasteiger partial charge in [0.1, 0.15) is 5.75 Å². The number of methoxy groups -OCH3 is 1. The molecule has 1 aromatic rings. The van der Waals surface area contributed by atoms with Crippen LogP contribution >= 0.6 is 0 Å². The van der Waals surface area contributed by atoms with Crippen LogP contribution in [-0.2, 0) is 4.79 Å². The average molecular weight is 287 g/mol. The van der Waals surface area contributed by atoms with Gasteiger partial charge in [-0.05, 0) is 18.2 Å². The van der Waals surface area contributed by atoms with E-state index in [4.69, 9.17) is 10.5 Å². The molecule has 5 nitrogen and oxygen atoms in total. The fourth-order valence-corrected chi connectivity index (χ4v) is 1.61. The zero-order valence-corrected chi connectivity index (χ0v) is 12.7. The topological polar surface area (TPSA) is 58.8 Å². The molecule has 0 spiro atoms. The Balaban J connectivity index is 2.60. The van der Waals surface area contributed by atoms with Crippen molar-refractivity contribution < 1.29 is 9.53 Å². The second kappa shape index (κ2) is 7.85. The van der Waals surface area contributed by atoms with Crippen LogP contribution in [0.15, 0.2) is 30.9 Å². The van der Waals surface area contributed by atoms with Gasteiger partial charge in [-0.25, -0.2) is 0 Å². The summed E-state index contributed by atoms with van der Waals surface area (Å²) in [5.41, 5.74) is 7.35. The lowest BCUT2D eigenvalue weighted by Crippen LogP contribution is -2.25. The molecule has 0 radical (unpaired) electrons. The number of carbonyl (C=O) groups excluding carboxylic acids is 1. The van der Waals surface area contributed by atoms with E-state index in [1.54, 1.807) is 20.2 Å². The van der Waals surface area contributed by atoms with Crippen LogP contribution in [0, 0.1) is 11.8 Å².